The number of hydrogen-bond acceptors (Lipinski definition) is 2. The van der Waals surface area contributed by atoms with E-state index in [1.165, 1.54) is 0 Å². The molecular weight excluding hydrogens is 235 g/mol. The normalized spacial score (nSPS) is 25.4. The van der Waals surface area contributed by atoms with E-state index >= 15 is 0 Å². The second-order valence-corrected chi connectivity index (χ2v) is 4.32. The van der Waals surface area contributed by atoms with E-state index in [0.717, 1.165) is 0 Å². The zero-order valence-corrected chi connectivity index (χ0v) is 9.85. The first kappa shape index (κ1) is 14.1. The van der Waals surface area contributed by atoms with Crippen molar-refractivity contribution in [1.82, 2.24) is 5.32 Å². The molecule has 0 aromatic carbocycles. The van der Waals surface area contributed by atoms with E-state index in [1.807, 2.05) is 6.92 Å². The SMILES string of the molecule is CCCOC(=O)NC1CCCCC1C(F)(F)F. The van der Waals surface area contributed by atoms with Crippen LogP contribution in [0, 0.1) is 5.92 Å². The third-order valence-electron chi connectivity index (χ3n) is 2.93. The molecular formula is C11H18F3NO2. The number of nitrogens with one attached hydrogen (secondary N) is 1. The smallest absolute Gasteiger partial charge is 0.407 e. The first-order valence-electron chi connectivity index (χ1n) is 5.95. The Hall–Kier alpha value is -0.940. The van der Waals surface area contributed by atoms with Crippen LogP contribution in [0.3, 0.4) is 0 Å². The summed E-state index contributed by atoms with van der Waals surface area (Å²) in [6, 6.07) is -0.840. The maximum absolute atomic E-state index is 12.7. The average Bonchev–Trinajstić information content (AvgIpc) is 2.25. The number of ether oxygens (including phenoxy) is 1. The number of carbonyl (C=O) groups excluding carboxylic acids is 1. The van der Waals surface area contributed by atoms with Gasteiger partial charge in [-0.15, -0.1) is 0 Å². The van der Waals surface area contributed by atoms with E-state index in [-0.39, 0.29) is 13.0 Å². The Balaban J connectivity index is 2.51. The molecule has 0 bridgehead atoms. The number of rotatable bonds is 3. The second kappa shape index (κ2) is 6.12. The Kier molecular flexibility index (Phi) is 5.08. The fraction of sp³-hybridized carbons (Fsp3) is 0.909. The van der Waals surface area contributed by atoms with Gasteiger partial charge in [-0.05, 0) is 19.3 Å². The Morgan fingerprint density at radius 3 is 2.59 bits per heavy atom. The molecule has 0 radical (unpaired) electrons. The topological polar surface area (TPSA) is 38.3 Å². The van der Waals surface area contributed by atoms with E-state index in [2.05, 4.69) is 5.32 Å². The van der Waals surface area contributed by atoms with Crippen molar-refractivity contribution in [1.29, 1.82) is 0 Å². The summed E-state index contributed by atoms with van der Waals surface area (Å²) in [4.78, 5) is 11.2. The molecule has 6 heteroatoms. The summed E-state index contributed by atoms with van der Waals surface area (Å²) >= 11 is 0. The summed E-state index contributed by atoms with van der Waals surface area (Å²) in [5.41, 5.74) is 0. The third kappa shape index (κ3) is 4.44. The van der Waals surface area contributed by atoms with Crippen molar-refractivity contribution in [3.8, 4) is 0 Å². The van der Waals surface area contributed by atoms with Crippen molar-refractivity contribution in [2.75, 3.05) is 6.61 Å². The number of alkyl carbamates (subject to hydrolysis) is 1. The number of carbonyl (C=O) groups is 1. The van der Waals surface area contributed by atoms with Crippen LogP contribution >= 0.6 is 0 Å². The lowest BCUT2D eigenvalue weighted by molar-refractivity contribution is -0.188. The van der Waals surface area contributed by atoms with Crippen molar-refractivity contribution < 1.29 is 22.7 Å². The lowest BCUT2D eigenvalue weighted by atomic mass is 9.84. The molecule has 3 nitrogen and oxygen atoms in total. The molecule has 1 N–H and O–H groups in total. The van der Waals surface area contributed by atoms with Gasteiger partial charge in [-0.2, -0.15) is 13.2 Å². The fourth-order valence-electron chi connectivity index (χ4n) is 2.08. The average molecular weight is 253 g/mol. The molecule has 0 aromatic rings. The summed E-state index contributed by atoms with van der Waals surface area (Å²) in [7, 11) is 0. The first-order valence-corrected chi connectivity index (χ1v) is 5.95. The van der Waals surface area contributed by atoms with E-state index in [1.54, 1.807) is 0 Å². The van der Waals surface area contributed by atoms with Gasteiger partial charge < -0.3 is 10.1 Å². The molecule has 1 amide bonds. The van der Waals surface area contributed by atoms with Gasteiger partial charge >= 0.3 is 12.3 Å². The minimum absolute atomic E-state index is 0.0855. The van der Waals surface area contributed by atoms with Crippen molar-refractivity contribution in [2.45, 2.75) is 51.2 Å². The standard InChI is InChI=1S/C11H18F3NO2/c1-2-7-17-10(16)15-9-6-4-3-5-8(9)11(12,13)14/h8-9H,2-7H2,1H3,(H,15,16). The van der Waals surface area contributed by atoms with Gasteiger partial charge in [0.1, 0.15) is 0 Å². The lowest BCUT2D eigenvalue weighted by Crippen LogP contribution is -2.47. The van der Waals surface area contributed by atoms with Crippen LogP contribution in [-0.4, -0.2) is 24.9 Å². The van der Waals surface area contributed by atoms with Crippen LogP contribution in [0.4, 0.5) is 18.0 Å². The van der Waals surface area contributed by atoms with Gasteiger partial charge in [-0.1, -0.05) is 19.8 Å². The maximum atomic E-state index is 12.7. The predicted molar refractivity (Wildman–Crippen MR) is 56.6 cm³/mol. The summed E-state index contributed by atoms with van der Waals surface area (Å²) < 4.78 is 42.8. The third-order valence-corrected chi connectivity index (χ3v) is 2.93. The van der Waals surface area contributed by atoms with Crippen LogP contribution in [0.25, 0.3) is 0 Å². The van der Waals surface area contributed by atoms with Crippen LogP contribution in [0.2, 0.25) is 0 Å². The molecule has 17 heavy (non-hydrogen) atoms. The Morgan fingerprint density at radius 1 is 1.35 bits per heavy atom. The Labute approximate surface area is 98.7 Å². The molecule has 1 rings (SSSR count). The van der Waals surface area contributed by atoms with Crippen LogP contribution < -0.4 is 5.32 Å². The van der Waals surface area contributed by atoms with Gasteiger partial charge in [0.2, 0.25) is 0 Å². The predicted octanol–water partition coefficient (Wildman–Crippen LogP) is 3.24. The number of hydrogen-bond donors (Lipinski definition) is 1. The van der Waals surface area contributed by atoms with Gasteiger partial charge in [0, 0.05) is 6.04 Å². The van der Waals surface area contributed by atoms with Gasteiger partial charge in [-0.25, -0.2) is 4.79 Å². The summed E-state index contributed by atoms with van der Waals surface area (Å²) in [5, 5.41) is 2.33. The van der Waals surface area contributed by atoms with E-state index < -0.39 is 24.2 Å². The van der Waals surface area contributed by atoms with Gasteiger partial charge in [0.15, 0.2) is 0 Å². The molecule has 2 atom stereocenters. The Bertz CT molecular complexity index is 256. The van der Waals surface area contributed by atoms with E-state index in [9.17, 15) is 18.0 Å². The fourth-order valence-corrected chi connectivity index (χ4v) is 2.08. The van der Waals surface area contributed by atoms with Gasteiger partial charge in [0.05, 0.1) is 12.5 Å². The Morgan fingerprint density at radius 2 is 2.00 bits per heavy atom. The highest BCUT2D eigenvalue weighted by atomic mass is 19.4. The number of halogens is 3. The summed E-state index contributed by atoms with van der Waals surface area (Å²) in [6.45, 7) is 2.06. The molecule has 1 aliphatic carbocycles. The highest BCUT2D eigenvalue weighted by Crippen LogP contribution is 2.37. The largest absolute Gasteiger partial charge is 0.450 e. The quantitative estimate of drug-likeness (QED) is 0.838. The number of amides is 1. The van der Waals surface area contributed by atoms with Crippen LogP contribution in [0.1, 0.15) is 39.0 Å². The lowest BCUT2D eigenvalue weighted by Gasteiger charge is -2.33. The minimum atomic E-state index is -4.25. The first-order chi connectivity index (χ1) is 7.95. The molecule has 1 saturated carbocycles. The zero-order chi connectivity index (χ0) is 12.9. The summed E-state index contributed by atoms with van der Waals surface area (Å²) in [5.74, 6) is -1.44. The van der Waals surface area contributed by atoms with E-state index in [0.29, 0.717) is 25.7 Å². The highest BCUT2D eigenvalue weighted by Gasteiger charge is 2.46. The van der Waals surface area contributed by atoms with Crippen molar-refractivity contribution in [3.05, 3.63) is 0 Å². The van der Waals surface area contributed by atoms with Crippen LogP contribution in [0.15, 0.2) is 0 Å². The number of alkyl halides is 3. The molecule has 1 fully saturated rings. The molecule has 0 aliphatic heterocycles. The molecule has 100 valence electrons. The molecule has 1 aliphatic rings. The van der Waals surface area contributed by atoms with Crippen LogP contribution in [0.5, 0.6) is 0 Å². The highest BCUT2D eigenvalue weighted by molar-refractivity contribution is 5.67. The van der Waals surface area contributed by atoms with Crippen molar-refractivity contribution in [2.24, 2.45) is 5.92 Å². The monoisotopic (exact) mass is 253 g/mol. The molecule has 0 aromatic heterocycles. The van der Waals surface area contributed by atoms with Crippen molar-refractivity contribution in [3.63, 3.8) is 0 Å². The second-order valence-electron chi connectivity index (χ2n) is 4.32. The molecule has 0 saturated heterocycles. The molecule has 0 heterocycles. The van der Waals surface area contributed by atoms with Crippen LogP contribution in [-0.2, 0) is 4.74 Å². The maximum Gasteiger partial charge on any atom is 0.407 e. The summed E-state index contributed by atoms with van der Waals surface area (Å²) in [6.07, 6.45) is -2.61. The zero-order valence-electron chi connectivity index (χ0n) is 9.85. The van der Waals surface area contributed by atoms with Gasteiger partial charge in [-0.3, -0.25) is 0 Å². The minimum Gasteiger partial charge on any atom is -0.450 e. The molecule has 2 unspecified atom stereocenters. The van der Waals surface area contributed by atoms with Crippen molar-refractivity contribution >= 4 is 6.09 Å². The van der Waals surface area contributed by atoms with Gasteiger partial charge in [0.25, 0.3) is 0 Å². The van der Waals surface area contributed by atoms with E-state index in [4.69, 9.17) is 4.74 Å². The molecule has 0 spiro atoms.